The van der Waals surface area contributed by atoms with E-state index in [1.165, 1.54) is 6.33 Å². The molecule has 0 aliphatic heterocycles. The largest absolute Gasteiger partial charge is 0.484 e. The molecule has 7 nitrogen and oxygen atoms in total. The van der Waals surface area contributed by atoms with Crippen molar-refractivity contribution < 1.29 is 9.53 Å². The fourth-order valence-corrected chi connectivity index (χ4v) is 2.56. The molecule has 25 heavy (non-hydrogen) atoms. The van der Waals surface area contributed by atoms with E-state index in [4.69, 9.17) is 4.74 Å². The number of carbonyl (C=O) groups is 1. The molecule has 0 bridgehead atoms. The number of aryl methyl sites for hydroxylation is 1. The molecule has 1 aromatic heterocycles. The van der Waals surface area contributed by atoms with Gasteiger partial charge in [0, 0.05) is 0 Å². The van der Waals surface area contributed by atoms with Gasteiger partial charge in [0.1, 0.15) is 12.1 Å². The number of amides is 1. The van der Waals surface area contributed by atoms with Gasteiger partial charge in [-0.05, 0) is 59.7 Å². The zero-order valence-corrected chi connectivity index (χ0v) is 14.1. The minimum absolute atomic E-state index is 0.0412. The Morgan fingerprint density at radius 3 is 2.64 bits per heavy atom. The first kappa shape index (κ1) is 16.6. The van der Waals surface area contributed by atoms with E-state index in [0.717, 1.165) is 16.8 Å². The summed E-state index contributed by atoms with van der Waals surface area (Å²) in [6.07, 6.45) is 1.51. The number of tetrazole rings is 1. The van der Waals surface area contributed by atoms with Crippen LogP contribution in [-0.4, -0.2) is 32.7 Å². The van der Waals surface area contributed by atoms with E-state index < -0.39 is 0 Å². The lowest BCUT2D eigenvalue weighted by Crippen LogP contribution is -2.31. The molecule has 1 heterocycles. The molecule has 3 aromatic rings. The van der Waals surface area contributed by atoms with Gasteiger partial charge in [-0.25, -0.2) is 4.68 Å². The summed E-state index contributed by atoms with van der Waals surface area (Å²) in [7, 11) is 0. The monoisotopic (exact) mass is 337 g/mol. The van der Waals surface area contributed by atoms with Crippen molar-refractivity contribution in [1.29, 1.82) is 0 Å². The summed E-state index contributed by atoms with van der Waals surface area (Å²) in [5.41, 5.74) is 3.06. The summed E-state index contributed by atoms with van der Waals surface area (Å²) < 4.78 is 7.08. The second-order valence-electron chi connectivity index (χ2n) is 5.68. The van der Waals surface area contributed by atoms with Crippen LogP contribution in [0.1, 0.15) is 24.1 Å². The predicted molar refractivity (Wildman–Crippen MR) is 92.4 cm³/mol. The highest BCUT2D eigenvalue weighted by atomic mass is 16.5. The normalized spacial score (nSPS) is 11.8. The summed E-state index contributed by atoms with van der Waals surface area (Å²) in [5, 5.41) is 13.9. The van der Waals surface area contributed by atoms with Crippen molar-refractivity contribution in [2.45, 2.75) is 19.9 Å². The van der Waals surface area contributed by atoms with Gasteiger partial charge in [-0.3, -0.25) is 4.79 Å². The number of nitrogens with one attached hydrogen (secondary N) is 1. The van der Waals surface area contributed by atoms with Crippen molar-refractivity contribution in [2.75, 3.05) is 6.61 Å². The first-order valence-corrected chi connectivity index (χ1v) is 7.94. The maximum Gasteiger partial charge on any atom is 0.258 e. The smallest absolute Gasteiger partial charge is 0.258 e. The maximum atomic E-state index is 12.1. The van der Waals surface area contributed by atoms with Gasteiger partial charge in [-0.2, -0.15) is 0 Å². The number of hydrogen-bond acceptors (Lipinski definition) is 5. The van der Waals surface area contributed by atoms with Gasteiger partial charge >= 0.3 is 0 Å². The lowest BCUT2D eigenvalue weighted by atomic mass is 10.0. The van der Waals surface area contributed by atoms with Crippen LogP contribution in [0.25, 0.3) is 5.69 Å². The minimum Gasteiger partial charge on any atom is -0.484 e. The Bertz CT molecular complexity index is 831. The zero-order valence-electron chi connectivity index (χ0n) is 14.1. The van der Waals surface area contributed by atoms with Crippen LogP contribution < -0.4 is 10.1 Å². The van der Waals surface area contributed by atoms with E-state index in [2.05, 4.69) is 20.8 Å². The van der Waals surface area contributed by atoms with Gasteiger partial charge in [0.25, 0.3) is 5.91 Å². The summed E-state index contributed by atoms with van der Waals surface area (Å²) >= 11 is 0. The van der Waals surface area contributed by atoms with Crippen molar-refractivity contribution in [3.63, 3.8) is 0 Å². The summed E-state index contributed by atoms with van der Waals surface area (Å²) in [6.45, 7) is 3.95. The van der Waals surface area contributed by atoms with Gasteiger partial charge in [-0.15, -0.1) is 5.10 Å². The number of nitrogens with zero attached hydrogens (tertiary/aromatic N) is 4. The zero-order chi connectivity index (χ0) is 17.6. The lowest BCUT2D eigenvalue weighted by Gasteiger charge is -2.16. The molecule has 0 fully saturated rings. The van der Waals surface area contributed by atoms with Gasteiger partial charge in [0.2, 0.25) is 0 Å². The third kappa shape index (κ3) is 4.20. The van der Waals surface area contributed by atoms with Crippen molar-refractivity contribution in [1.82, 2.24) is 25.5 Å². The Balaban J connectivity index is 1.53. The lowest BCUT2D eigenvalue weighted by molar-refractivity contribution is -0.123. The van der Waals surface area contributed by atoms with Crippen LogP contribution in [0.3, 0.4) is 0 Å². The van der Waals surface area contributed by atoms with Crippen LogP contribution in [0.4, 0.5) is 0 Å². The second-order valence-corrected chi connectivity index (χ2v) is 5.68. The van der Waals surface area contributed by atoms with Crippen LogP contribution in [-0.2, 0) is 4.79 Å². The molecule has 0 saturated heterocycles. The number of aromatic nitrogens is 4. The Labute approximate surface area is 145 Å². The van der Waals surface area contributed by atoms with E-state index in [1.54, 1.807) is 16.8 Å². The molecule has 0 spiro atoms. The van der Waals surface area contributed by atoms with Crippen LogP contribution in [0.2, 0.25) is 0 Å². The van der Waals surface area contributed by atoms with Crippen molar-refractivity contribution >= 4 is 5.91 Å². The first-order valence-electron chi connectivity index (χ1n) is 7.94. The highest BCUT2D eigenvalue weighted by molar-refractivity contribution is 5.78. The molecule has 0 aliphatic rings. The maximum absolute atomic E-state index is 12.1. The first-order chi connectivity index (χ1) is 12.1. The molecule has 1 atom stereocenters. The summed E-state index contributed by atoms with van der Waals surface area (Å²) in [5.74, 6) is 0.441. The highest BCUT2D eigenvalue weighted by Crippen LogP contribution is 2.17. The van der Waals surface area contributed by atoms with Crippen LogP contribution >= 0.6 is 0 Å². The topological polar surface area (TPSA) is 81.9 Å². The van der Waals surface area contributed by atoms with Gasteiger partial charge in [0.15, 0.2) is 6.61 Å². The number of carbonyl (C=O) groups excluding carboxylic acids is 1. The van der Waals surface area contributed by atoms with Crippen molar-refractivity contribution in [3.05, 3.63) is 66.0 Å². The van der Waals surface area contributed by atoms with E-state index in [-0.39, 0.29) is 18.6 Å². The van der Waals surface area contributed by atoms with Crippen LogP contribution in [0.5, 0.6) is 5.75 Å². The number of ether oxygens (including phenoxy) is 1. The molecule has 7 heteroatoms. The highest BCUT2D eigenvalue weighted by Gasteiger charge is 2.11. The minimum atomic E-state index is -0.166. The number of benzene rings is 2. The van der Waals surface area contributed by atoms with Gasteiger partial charge < -0.3 is 10.1 Å². The molecule has 1 N–H and O–H groups in total. The molecular formula is C18H19N5O2. The summed E-state index contributed by atoms with van der Waals surface area (Å²) in [4.78, 5) is 12.1. The molecular weight excluding hydrogens is 318 g/mol. The Hall–Kier alpha value is -3.22. The Morgan fingerprint density at radius 2 is 1.96 bits per heavy atom. The van der Waals surface area contributed by atoms with E-state index in [9.17, 15) is 4.79 Å². The van der Waals surface area contributed by atoms with E-state index in [0.29, 0.717) is 5.75 Å². The van der Waals surface area contributed by atoms with Gasteiger partial charge in [-0.1, -0.05) is 24.3 Å². The van der Waals surface area contributed by atoms with Crippen molar-refractivity contribution in [2.24, 2.45) is 0 Å². The fourth-order valence-electron chi connectivity index (χ4n) is 2.56. The number of hydrogen-bond donors (Lipinski definition) is 1. The van der Waals surface area contributed by atoms with Crippen molar-refractivity contribution in [3.8, 4) is 11.4 Å². The van der Waals surface area contributed by atoms with Crippen LogP contribution in [0.15, 0.2) is 54.9 Å². The quantitative estimate of drug-likeness (QED) is 0.746. The Kier molecular flexibility index (Phi) is 5.03. The molecule has 3 rings (SSSR count). The molecule has 0 radical (unpaired) electrons. The standard InChI is InChI=1S/C18H19N5O2/c1-13-5-3-4-6-17(13)14(2)20-18(24)11-25-16-9-7-15(8-10-16)23-12-19-21-22-23/h3-10,12,14H,11H2,1-2H3,(H,20,24). The van der Waals surface area contributed by atoms with Crippen LogP contribution in [0, 0.1) is 6.92 Å². The molecule has 128 valence electrons. The molecule has 1 unspecified atom stereocenters. The molecule has 1 amide bonds. The molecule has 0 saturated carbocycles. The third-order valence-corrected chi connectivity index (χ3v) is 3.85. The molecule has 0 aliphatic carbocycles. The molecule has 2 aromatic carbocycles. The number of rotatable bonds is 6. The van der Waals surface area contributed by atoms with E-state index >= 15 is 0 Å². The predicted octanol–water partition coefficient (Wildman–Crippen LogP) is 2.23. The summed E-state index contributed by atoms with van der Waals surface area (Å²) in [6, 6.07) is 15.1. The SMILES string of the molecule is Cc1ccccc1C(C)NC(=O)COc1ccc(-n2cnnn2)cc1. The van der Waals surface area contributed by atoms with E-state index in [1.807, 2.05) is 50.2 Å². The third-order valence-electron chi connectivity index (χ3n) is 3.85. The Morgan fingerprint density at radius 1 is 1.20 bits per heavy atom. The fraction of sp³-hybridized carbons (Fsp3) is 0.222. The average molecular weight is 337 g/mol. The second kappa shape index (κ2) is 7.57. The van der Waals surface area contributed by atoms with Gasteiger partial charge in [0.05, 0.1) is 11.7 Å². The average Bonchev–Trinajstić information content (AvgIpc) is 3.15.